The second kappa shape index (κ2) is 6.77. The number of hydrogen-bond donors (Lipinski definition) is 1. The number of hydrogen-bond acceptors (Lipinski definition) is 4. The molecule has 2 N–H and O–H groups in total. The van der Waals surface area contributed by atoms with Crippen LogP contribution in [0.1, 0.15) is 24.9 Å². The molecule has 0 aliphatic heterocycles. The molecule has 0 saturated heterocycles. The lowest BCUT2D eigenvalue weighted by atomic mass is 10.0. The molecule has 0 aliphatic rings. The smallest absolute Gasteiger partial charge is 0.203 e. The van der Waals surface area contributed by atoms with Gasteiger partial charge in [0.1, 0.15) is 0 Å². The Kier molecular flexibility index (Phi) is 5.34. The van der Waals surface area contributed by atoms with E-state index in [1.807, 2.05) is 12.1 Å². The summed E-state index contributed by atoms with van der Waals surface area (Å²) in [7, 11) is 4.74. The minimum Gasteiger partial charge on any atom is -0.493 e. The Hall–Kier alpha value is -1.86. The highest BCUT2D eigenvalue weighted by Gasteiger charge is 2.19. The number of methoxy groups -OCH3 is 3. The fraction of sp³-hybridized carbons (Fsp3) is 0.429. The molecular formula is C14H19NO3. The summed E-state index contributed by atoms with van der Waals surface area (Å²) in [4.78, 5) is 0. The van der Waals surface area contributed by atoms with Crippen molar-refractivity contribution in [2.75, 3.05) is 21.3 Å². The van der Waals surface area contributed by atoms with Gasteiger partial charge in [-0.25, -0.2) is 0 Å². The summed E-state index contributed by atoms with van der Waals surface area (Å²) in [5.74, 6) is 7.56. The van der Waals surface area contributed by atoms with E-state index in [1.165, 1.54) is 0 Å². The Morgan fingerprint density at radius 3 is 2.28 bits per heavy atom. The Bertz CT molecular complexity index is 460. The first kappa shape index (κ1) is 14.2. The second-order valence-corrected chi connectivity index (χ2v) is 3.66. The van der Waals surface area contributed by atoms with E-state index in [0.717, 1.165) is 5.56 Å². The quantitative estimate of drug-likeness (QED) is 0.812. The van der Waals surface area contributed by atoms with Crippen LogP contribution in [-0.2, 0) is 0 Å². The SMILES string of the molecule is CC#CCC(N)c1ccc(OC)c(OC)c1OC. The van der Waals surface area contributed by atoms with Crippen molar-refractivity contribution in [1.29, 1.82) is 0 Å². The third-order valence-electron chi connectivity index (χ3n) is 2.63. The van der Waals surface area contributed by atoms with Crippen molar-refractivity contribution in [2.24, 2.45) is 5.73 Å². The van der Waals surface area contributed by atoms with E-state index in [-0.39, 0.29) is 6.04 Å². The van der Waals surface area contributed by atoms with Crippen molar-refractivity contribution in [3.8, 4) is 29.1 Å². The van der Waals surface area contributed by atoms with Gasteiger partial charge in [-0.15, -0.1) is 11.8 Å². The molecule has 0 heterocycles. The molecule has 0 radical (unpaired) electrons. The number of ether oxygens (including phenoxy) is 3. The minimum absolute atomic E-state index is 0.216. The van der Waals surface area contributed by atoms with Gasteiger partial charge in [-0.1, -0.05) is 0 Å². The van der Waals surface area contributed by atoms with Crippen molar-refractivity contribution in [3.63, 3.8) is 0 Å². The Morgan fingerprint density at radius 2 is 1.78 bits per heavy atom. The summed E-state index contributed by atoms with van der Waals surface area (Å²) in [6, 6.07) is 3.48. The second-order valence-electron chi connectivity index (χ2n) is 3.66. The van der Waals surface area contributed by atoms with Crippen LogP contribution in [0.5, 0.6) is 17.2 Å². The van der Waals surface area contributed by atoms with E-state index >= 15 is 0 Å². The van der Waals surface area contributed by atoms with Crippen LogP contribution in [0, 0.1) is 11.8 Å². The Morgan fingerprint density at radius 1 is 1.11 bits per heavy atom. The third kappa shape index (κ3) is 2.88. The zero-order valence-electron chi connectivity index (χ0n) is 11.2. The minimum atomic E-state index is -0.216. The third-order valence-corrected chi connectivity index (χ3v) is 2.63. The lowest BCUT2D eigenvalue weighted by molar-refractivity contribution is 0.321. The average Bonchev–Trinajstić information content (AvgIpc) is 2.42. The molecule has 0 spiro atoms. The molecule has 0 saturated carbocycles. The predicted octanol–water partition coefficient (Wildman–Crippen LogP) is 2.13. The van der Waals surface area contributed by atoms with Crippen molar-refractivity contribution in [3.05, 3.63) is 17.7 Å². The van der Waals surface area contributed by atoms with Crippen LogP contribution >= 0.6 is 0 Å². The monoisotopic (exact) mass is 249 g/mol. The van der Waals surface area contributed by atoms with Crippen LogP contribution in [0.15, 0.2) is 12.1 Å². The summed E-state index contributed by atoms with van der Waals surface area (Å²) in [6.45, 7) is 1.79. The van der Waals surface area contributed by atoms with E-state index < -0.39 is 0 Å². The molecule has 1 aromatic rings. The highest BCUT2D eigenvalue weighted by Crippen LogP contribution is 2.41. The summed E-state index contributed by atoms with van der Waals surface area (Å²) < 4.78 is 15.9. The molecule has 1 rings (SSSR count). The highest BCUT2D eigenvalue weighted by molar-refractivity contribution is 5.56. The zero-order valence-corrected chi connectivity index (χ0v) is 11.2. The molecule has 0 aliphatic carbocycles. The molecule has 0 fully saturated rings. The lowest BCUT2D eigenvalue weighted by Crippen LogP contribution is -2.11. The predicted molar refractivity (Wildman–Crippen MR) is 71.1 cm³/mol. The van der Waals surface area contributed by atoms with Crippen LogP contribution in [0.3, 0.4) is 0 Å². The van der Waals surface area contributed by atoms with Crippen LogP contribution < -0.4 is 19.9 Å². The molecule has 0 amide bonds. The van der Waals surface area contributed by atoms with Crippen molar-refractivity contribution in [2.45, 2.75) is 19.4 Å². The number of rotatable bonds is 5. The number of nitrogens with two attached hydrogens (primary N) is 1. The van der Waals surface area contributed by atoms with Gasteiger partial charge in [0.25, 0.3) is 0 Å². The van der Waals surface area contributed by atoms with Crippen molar-refractivity contribution >= 4 is 0 Å². The van der Waals surface area contributed by atoms with E-state index in [2.05, 4.69) is 11.8 Å². The van der Waals surface area contributed by atoms with Crippen molar-refractivity contribution in [1.82, 2.24) is 0 Å². The van der Waals surface area contributed by atoms with E-state index in [1.54, 1.807) is 28.3 Å². The molecule has 4 heteroatoms. The van der Waals surface area contributed by atoms with Gasteiger partial charge >= 0.3 is 0 Å². The summed E-state index contributed by atoms with van der Waals surface area (Å²) in [5.41, 5.74) is 6.95. The van der Waals surface area contributed by atoms with Gasteiger partial charge in [0.15, 0.2) is 11.5 Å². The topological polar surface area (TPSA) is 53.7 Å². The van der Waals surface area contributed by atoms with Crippen LogP contribution in [-0.4, -0.2) is 21.3 Å². The van der Waals surface area contributed by atoms with Gasteiger partial charge in [-0.2, -0.15) is 0 Å². The standard InChI is InChI=1S/C14H19NO3/c1-5-6-7-11(15)10-8-9-12(16-2)14(18-4)13(10)17-3/h8-9,11H,7,15H2,1-4H3. The zero-order chi connectivity index (χ0) is 13.5. The fourth-order valence-corrected chi connectivity index (χ4v) is 1.74. The summed E-state index contributed by atoms with van der Waals surface area (Å²) in [5, 5.41) is 0. The first-order valence-corrected chi connectivity index (χ1v) is 5.63. The Labute approximate surface area is 108 Å². The molecule has 98 valence electrons. The van der Waals surface area contributed by atoms with Gasteiger partial charge in [0.2, 0.25) is 5.75 Å². The fourth-order valence-electron chi connectivity index (χ4n) is 1.74. The van der Waals surface area contributed by atoms with Gasteiger partial charge in [0.05, 0.1) is 21.3 Å². The normalized spacial score (nSPS) is 11.2. The average molecular weight is 249 g/mol. The molecule has 1 aromatic carbocycles. The van der Waals surface area contributed by atoms with E-state index in [9.17, 15) is 0 Å². The molecule has 18 heavy (non-hydrogen) atoms. The maximum absolute atomic E-state index is 6.09. The first-order valence-electron chi connectivity index (χ1n) is 5.63. The largest absolute Gasteiger partial charge is 0.493 e. The molecule has 0 aromatic heterocycles. The van der Waals surface area contributed by atoms with Crippen LogP contribution in [0.25, 0.3) is 0 Å². The maximum atomic E-state index is 6.09. The van der Waals surface area contributed by atoms with Gasteiger partial charge in [-0.05, 0) is 19.1 Å². The summed E-state index contributed by atoms with van der Waals surface area (Å²) in [6.07, 6.45) is 0.572. The van der Waals surface area contributed by atoms with Gasteiger partial charge in [0, 0.05) is 18.0 Å². The van der Waals surface area contributed by atoms with Gasteiger partial charge < -0.3 is 19.9 Å². The summed E-state index contributed by atoms with van der Waals surface area (Å²) >= 11 is 0. The van der Waals surface area contributed by atoms with Crippen LogP contribution in [0.2, 0.25) is 0 Å². The molecule has 1 unspecified atom stereocenters. The Balaban J connectivity index is 3.22. The molecule has 1 atom stereocenters. The molecule has 0 bridgehead atoms. The van der Waals surface area contributed by atoms with E-state index in [0.29, 0.717) is 23.7 Å². The van der Waals surface area contributed by atoms with Gasteiger partial charge in [-0.3, -0.25) is 0 Å². The highest BCUT2D eigenvalue weighted by atomic mass is 16.5. The molecular weight excluding hydrogens is 230 g/mol. The van der Waals surface area contributed by atoms with E-state index in [4.69, 9.17) is 19.9 Å². The first-order chi connectivity index (χ1) is 8.69. The molecule has 4 nitrogen and oxygen atoms in total. The lowest BCUT2D eigenvalue weighted by Gasteiger charge is -2.18. The maximum Gasteiger partial charge on any atom is 0.203 e. The number of benzene rings is 1. The van der Waals surface area contributed by atoms with Crippen LogP contribution in [0.4, 0.5) is 0 Å². The van der Waals surface area contributed by atoms with Crippen molar-refractivity contribution < 1.29 is 14.2 Å².